The number of nitrogens with one attached hydrogen (secondary N) is 3. The van der Waals surface area contributed by atoms with E-state index in [1.165, 1.54) is 6.08 Å². The van der Waals surface area contributed by atoms with Crippen molar-refractivity contribution in [2.24, 2.45) is 0 Å². The highest BCUT2D eigenvalue weighted by Crippen LogP contribution is 2.27. The zero-order chi connectivity index (χ0) is 20.6. The second-order valence-corrected chi connectivity index (χ2v) is 6.68. The van der Waals surface area contributed by atoms with Crippen LogP contribution in [-0.4, -0.2) is 18.1 Å². The molecule has 0 saturated heterocycles. The van der Waals surface area contributed by atoms with E-state index in [1.807, 2.05) is 55.5 Å². The van der Waals surface area contributed by atoms with Crippen LogP contribution in [0, 0.1) is 0 Å². The van der Waals surface area contributed by atoms with Gasteiger partial charge in [-0.25, -0.2) is 0 Å². The fourth-order valence-corrected chi connectivity index (χ4v) is 2.97. The Kier molecular flexibility index (Phi) is 6.86. The van der Waals surface area contributed by atoms with Crippen molar-refractivity contribution in [2.75, 3.05) is 7.11 Å². The number of carbonyl (C=O) groups is 1. The number of furan rings is 1. The summed E-state index contributed by atoms with van der Waals surface area (Å²) in [6, 6.07) is 15.4. The first-order valence-corrected chi connectivity index (χ1v) is 9.66. The Morgan fingerprint density at radius 1 is 1.14 bits per heavy atom. The van der Waals surface area contributed by atoms with Gasteiger partial charge in [0.15, 0.2) is 5.11 Å². The molecule has 0 bridgehead atoms. The number of benzene rings is 2. The van der Waals surface area contributed by atoms with Crippen LogP contribution in [0.1, 0.15) is 23.8 Å². The number of thiocarbonyl (C=S) groups is 1. The van der Waals surface area contributed by atoms with E-state index < -0.39 is 0 Å². The van der Waals surface area contributed by atoms with Gasteiger partial charge in [0, 0.05) is 30.0 Å². The SMILES string of the molecule is CCc1oc2ccccc2c1/C=C/C(=O)NNC(=S)NCc1ccc(OC)cc1. The number of fused-ring (bicyclic) bond motifs is 1. The molecule has 3 aromatic rings. The topological polar surface area (TPSA) is 75.5 Å². The third-order valence-electron chi connectivity index (χ3n) is 4.34. The number of para-hydroxylation sites is 1. The van der Waals surface area contributed by atoms with Crippen LogP contribution in [0.2, 0.25) is 0 Å². The molecule has 150 valence electrons. The Hall–Kier alpha value is -3.32. The second kappa shape index (κ2) is 9.75. The Bertz CT molecular complexity index is 1030. The van der Waals surface area contributed by atoms with Crippen molar-refractivity contribution < 1.29 is 13.9 Å². The average molecular weight is 410 g/mol. The number of amides is 1. The molecule has 1 aromatic heterocycles. The summed E-state index contributed by atoms with van der Waals surface area (Å²) >= 11 is 5.19. The van der Waals surface area contributed by atoms with Gasteiger partial charge >= 0.3 is 0 Å². The summed E-state index contributed by atoms with van der Waals surface area (Å²) in [6.07, 6.45) is 3.96. The van der Waals surface area contributed by atoms with E-state index >= 15 is 0 Å². The number of hydrogen-bond donors (Lipinski definition) is 3. The zero-order valence-corrected chi connectivity index (χ0v) is 17.1. The van der Waals surface area contributed by atoms with Gasteiger partial charge in [-0.1, -0.05) is 37.3 Å². The highest BCUT2D eigenvalue weighted by atomic mass is 32.1. The number of carbonyl (C=O) groups excluding carboxylic acids is 1. The van der Waals surface area contributed by atoms with Gasteiger partial charge in [-0.2, -0.15) is 0 Å². The van der Waals surface area contributed by atoms with Gasteiger partial charge in [-0.05, 0) is 42.1 Å². The van der Waals surface area contributed by atoms with E-state index in [0.717, 1.165) is 40.0 Å². The van der Waals surface area contributed by atoms with Crippen molar-refractivity contribution in [3.63, 3.8) is 0 Å². The van der Waals surface area contributed by atoms with Crippen LogP contribution in [0.15, 0.2) is 59.0 Å². The van der Waals surface area contributed by atoms with Gasteiger partial charge in [0.1, 0.15) is 17.1 Å². The average Bonchev–Trinajstić information content (AvgIpc) is 3.12. The molecule has 0 fully saturated rings. The lowest BCUT2D eigenvalue weighted by atomic mass is 10.1. The maximum Gasteiger partial charge on any atom is 0.262 e. The zero-order valence-electron chi connectivity index (χ0n) is 16.3. The molecular formula is C22H23N3O3S. The molecule has 0 aliphatic heterocycles. The van der Waals surface area contributed by atoms with E-state index in [9.17, 15) is 4.79 Å². The monoisotopic (exact) mass is 409 g/mol. The van der Waals surface area contributed by atoms with Crippen molar-refractivity contribution in [2.45, 2.75) is 19.9 Å². The number of hydrazine groups is 1. The van der Waals surface area contributed by atoms with Crippen LogP contribution >= 0.6 is 12.2 Å². The van der Waals surface area contributed by atoms with Gasteiger partial charge in [0.2, 0.25) is 0 Å². The van der Waals surface area contributed by atoms with Gasteiger partial charge in [-0.15, -0.1) is 0 Å². The second-order valence-electron chi connectivity index (χ2n) is 6.27. The van der Waals surface area contributed by atoms with Crippen LogP contribution in [-0.2, 0) is 17.8 Å². The standard InChI is InChI=1S/C22H23N3O3S/c1-3-19-18(17-6-4-5-7-20(17)28-19)12-13-21(26)24-25-22(29)23-14-15-8-10-16(27-2)11-9-15/h4-13H,3,14H2,1-2H3,(H,24,26)(H2,23,25,29)/b13-12+. The minimum atomic E-state index is -0.314. The molecule has 0 aliphatic rings. The number of rotatable bonds is 6. The molecule has 0 radical (unpaired) electrons. The third kappa shape index (κ3) is 5.36. The lowest BCUT2D eigenvalue weighted by Gasteiger charge is -2.10. The van der Waals surface area contributed by atoms with Crippen LogP contribution in [0.5, 0.6) is 5.75 Å². The molecule has 0 spiro atoms. The Morgan fingerprint density at radius 2 is 1.90 bits per heavy atom. The van der Waals surface area contributed by atoms with Crippen molar-refractivity contribution in [1.29, 1.82) is 0 Å². The minimum absolute atomic E-state index is 0.314. The van der Waals surface area contributed by atoms with Crippen LogP contribution in [0.3, 0.4) is 0 Å². The highest BCUT2D eigenvalue weighted by molar-refractivity contribution is 7.80. The molecule has 2 aromatic carbocycles. The maximum absolute atomic E-state index is 12.1. The summed E-state index contributed by atoms with van der Waals surface area (Å²) in [7, 11) is 1.63. The number of hydrogen-bond acceptors (Lipinski definition) is 4. The molecule has 0 saturated carbocycles. The van der Waals surface area contributed by atoms with E-state index in [0.29, 0.717) is 11.7 Å². The first kappa shape index (κ1) is 20.4. The lowest BCUT2D eigenvalue weighted by Crippen LogP contribution is -2.45. The predicted octanol–water partition coefficient (Wildman–Crippen LogP) is 3.71. The number of aryl methyl sites for hydroxylation is 1. The maximum atomic E-state index is 12.1. The van der Waals surface area contributed by atoms with Crippen molar-refractivity contribution in [3.8, 4) is 5.75 Å². The van der Waals surface area contributed by atoms with E-state index in [4.69, 9.17) is 21.4 Å². The Labute approximate surface area is 174 Å². The van der Waals surface area contributed by atoms with E-state index in [2.05, 4.69) is 16.2 Å². The van der Waals surface area contributed by atoms with E-state index in [-0.39, 0.29) is 5.91 Å². The lowest BCUT2D eigenvalue weighted by molar-refractivity contribution is -0.116. The number of ether oxygens (including phenoxy) is 1. The third-order valence-corrected chi connectivity index (χ3v) is 4.59. The molecule has 6 nitrogen and oxygen atoms in total. The fourth-order valence-electron chi connectivity index (χ4n) is 2.85. The first-order chi connectivity index (χ1) is 14.1. The molecule has 0 aliphatic carbocycles. The van der Waals surface area contributed by atoms with Gasteiger partial charge in [-0.3, -0.25) is 15.6 Å². The van der Waals surface area contributed by atoms with Crippen molar-refractivity contribution in [3.05, 3.63) is 71.5 Å². The molecule has 7 heteroatoms. The molecule has 1 amide bonds. The van der Waals surface area contributed by atoms with Crippen LogP contribution < -0.4 is 20.9 Å². The van der Waals surface area contributed by atoms with Crippen molar-refractivity contribution in [1.82, 2.24) is 16.2 Å². The summed E-state index contributed by atoms with van der Waals surface area (Å²) in [4.78, 5) is 12.1. The quantitative estimate of drug-likeness (QED) is 0.327. The molecule has 29 heavy (non-hydrogen) atoms. The Morgan fingerprint density at radius 3 is 2.62 bits per heavy atom. The summed E-state index contributed by atoms with van der Waals surface area (Å²) in [5.74, 6) is 1.33. The van der Waals surface area contributed by atoms with Crippen molar-refractivity contribution >= 4 is 40.3 Å². The molecule has 3 rings (SSSR count). The Balaban J connectivity index is 1.51. The number of methoxy groups -OCH3 is 1. The molecule has 3 N–H and O–H groups in total. The van der Waals surface area contributed by atoms with Gasteiger partial charge in [0.05, 0.1) is 7.11 Å². The molecule has 0 unspecified atom stereocenters. The minimum Gasteiger partial charge on any atom is -0.497 e. The molecular weight excluding hydrogens is 386 g/mol. The van der Waals surface area contributed by atoms with Gasteiger partial charge < -0.3 is 14.5 Å². The van der Waals surface area contributed by atoms with Gasteiger partial charge in [0.25, 0.3) is 5.91 Å². The summed E-state index contributed by atoms with van der Waals surface area (Å²) in [5, 5.41) is 4.34. The summed E-state index contributed by atoms with van der Waals surface area (Å²) < 4.78 is 11.0. The first-order valence-electron chi connectivity index (χ1n) is 9.26. The molecule has 1 heterocycles. The van der Waals surface area contributed by atoms with Crippen LogP contribution in [0.25, 0.3) is 17.0 Å². The molecule has 0 atom stereocenters. The fraction of sp³-hybridized carbons (Fsp3) is 0.182. The smallest absolute Gasteiger partial charge is 0.262 e. The van der Waals surface area contributed by atoms with E-state index in [1.54, 1.807) is 13.2 Å². The predicted molar refractivity (Wildman–Crippen MR) is 118 cm³/mol. The van der Waals surface area contributed by atoms with Crippen LogP contribution in [0.4, 0.5) is 0 Å². The highest BCUT2D eigenvalue weighted by Gasteiger charge is 2.10. The normalized spacial score (nSPS) is 10.8. The summed E-state index contributed by atoms with van der Waals surface area (Å²) in [6.45, 7) is 2.55. The largest absolute Gasteiger partial charge is 0.497 e. The summed E-state index contributed by atoms with van der Waals surface area (Å²) in [5.41, 5.74) is 8.02.